The molecule has 0 spiro atoms. The molecule has 2 aliphatic heterocycles. The Morgan fingerprint density at radius 3 is 2.55 bits per heavy atom. The van der Waals surface area contributed by atoms with E-state index in [1.54, 1.807) is 0 Å². The molecule has 1 amide bonds. The molecule has 0 saturated carbocycles. The number of nitrogens with zero attached hydrogens (tertiary/aromatic N) is 1. The van der Waals surface area contributed by atoms with Crippen molar-refractivity contribution in [2.75, 3.05) is 13.7 Å². The lowest BCUT2D eigenvalue weighted by molar-refractivity contribution is -0.160. The summed E-state index contributed by atoms with van der Waals surface area (Å²) in [6.07, 6.45) is 1.53. The second-order valence-electron chi connectivity index (χ2n) is 7.15. The second kappa shape index (κ2) is 5.65. The van der Waals surface area contributed by atoms with Crippen LogP contribution in [0.2, 0.25) is 0 Å². The lowest BCUT2D eigenvalue weighted by Gasteiger charge is -2.35. The molecule has 2 fully saturated rings. The predicted molar refractivity (Wildman–Crippen MR) is 78.8 cm³/mol. The van der Waals surface area contributed by atoms with Crippen molar-refractivity contribution in [2.45, 2.75) is 58.7 Å². The minimum Gasteiger partial charge on any atom is -0.467 e. The zero-order valence-electron chi connectivity index (χ0n) is 14.0. The number of esters is 1. The standard InChI is InChI=1S/C16H25NO5/c1-6-7-8-10-11(18)16(14(20)21-5)9-22-13(15(2,3)4)17(16)12(10)19/h10,13H,6-9H2,1-5H3/t10?,13-,16-/m1/s1. The first-order valence-electron chi connectivity index (χ1n) is 7.79. The number of unbranched alkanes of at least 4 members (excludes halogenated alkanes) is 1. The van der Waals surface area contributed by atoms with Crippen LogP contribution in [0.5, 0.6) is 0 Å². The molecule has 3 atom stereocenters. The molecule has 0 aromatic rings. The number of rotatable bonds is 4. The van der Waals surface area contributed by atoms with Gasteiger partial charge in [-0.3, -0.25) is 14.5 Å². The zero-order valence-corrected chi connectivity index (χ0v) is 14.0. The summed E-state index contributed by atoms with van der Waals surface area (Å²) >= 11 is 0. The van der Waals surface area contributed by atoms with Crippen LogP contribution in [0.15, 0.2) is 0 Å². The van der Waals surface area contributed by atoms with Crippen molar-refractivity contribution in [1.82, 2.24) is 4.90 Å². The normalized spacial score (nSPS) is 31.6. The van der Waals surface area contributed by atoms with E-state index in [0.29, 0.717) is 6.42 Å². The Morgan fingerprint density at radius 1 is 1.41 bits per heavy atom. The first kappa shape index (κ1) is 16.9. The van der Waals surface area contributed by atoms with Gasteiger partial charge in [0.1, 0.15) is 12.1 Å². The van der Waals surface area contributed by atoms with Gasteiger partial charge in [-0.25, -0.2) is 4.79 Å². The first-order valence-corrected chi connectivity index (χ1v) is 7.79. The van der Waals surface area contributed by atoms with Crippen LogP contribution in [0.1, 0.15) is 47.0 Å². The number of ketones is 1. The summed E-state index contributed by atoms with van der Waals surface area (Å²) < 4.78 is 10.5. The fourth-order valence-electron chi connectivity index (χ4n) is 3.33. The lowest BCUT2D eigenvalue weighted by Crippen LogP contribution is -2.57. The first-order chi connectivity index (χ1) is 10.2. The van der Waals surface area contributed by atoms with E-state index in [1.165, 1.54) is 12.0 Å². The van der Waals surface area contributed by atoms with Crippen LogP contribution in [-0.2, 0) is 23.9 Å². The third-order valence-electron chi connectivity index (χ3n) is 4.47. The number of fused-ring (bicyclic) bond motifs is 1. The highest BCUT2D eigenvalue weighted by molar-refractivity contribution is 6.23. The Bertz CT molecular complexity index is 495. The Morgan fingerprint density at radius 2 is 2.05 bits per heavy atom. The number of carbonyl (C=O) groups is 3. The lowest BCUT2D eigenvalue weighted by atomic mass is 9.88. The highest BCUT2D eigenvalue weighted by Crippen LogP contribution is 2.45. The van der Waals surface area contributed by atoms with E-state index in [0.717, 1.165) is 12.8 Å². The summed E-state index contributed by atoms with van der Waals surface area (Å²) in [5.41, 5.74) is -1.99. The molecule has 6 heteroatoms. The smallest absolute Gasteiger partial charge is 0.342 e. The van der Waals surface area contributed by atoms with E-state index in [4.69, 9.17) is 9.47 Å². The predicted octanol–water partition coefficient (Wildman–Crippen LogP) is 1.52. The summed E-state index contributed by atoms with van der Waals surface area (Å²) in [7, 11) is 1.23. The number of hydrogen-bond donors (Lipinski definition) is 0. The summed E-state index contributed by atoms with van der Waals surface area (Å²) in [6, 6.07) is 0. The minimum atomic E-state index is -1.60. The number of ether oxygens (including phenoxy) is 2. The van der Waals surface area contributed by atoms with E-state index in [-0.39, 0.29) is 18.3 Å². The molecule has 0 aromatic carbocycles. The van der Waals surface area contributed by atoms with Crippen molar-refractivity contribution < 1.29 is 23.9 Å². The van der Waals surface area contributed by atoms with Gasteiger partial charge < -0.3 is 9.47 Å². The number of carbonyl (C=O) groups excluding carboxylic acids is 3. The molecule has 0 bridgehead atoms. The van der Waals surface area contributed by atoms with Gasteiger partial charge in [-0.05, 0) is 6.42 Å². The SMILES string of the molecule is CCCCC1C(=O)N2[C@@H](C(C)(C)C)OC[C@]2(C(=O)OC)C1=O. The van der Waals surface area contributed by atoms with E-state index >= 15 is 0 Å². The molecule has 0 radical (unpaired) electrons. The third-order valence-corrected chi connectivity index (χ3v) is 4.47. The van der Waals surface area contributed by atoms with Crippen LogP contribution in [-0.4, -0.2) is 48.0 Å². The van der Waals surface area contributed by atoms with E-state index in [1.807, 2.05) is 27.7 Å². The van der Waals surface area contributed by atoms with Crippen molar-refractivity contribution in [3.05, 3.63) is 0 Å². The quantitative estimate of drug-likeness (QED) is 0.581. The van der Waals surface area contributed by atoms with Gasteiger partial charge in [0.05, 0.1) is 13.7 Å². The van der Waals surface area contributed by atoms with Crippen LogP contribution < -0.4 is 0 Å². The van der Waals surface area contributed by atoms with Crippen LogP contribution in [0.4, 0.5) is 0 Å². The highest BCUT2D eigenvalue weighted by Gasteiger charge is 2.70. The molecule has 22 heavy (non-hydrogen) atoms. The van der Waals surface area contributed by atoms with Crippen molar-refractivity contribution in [2.24, 2.45) is 11.3 Å². The average molecular weight is 311 g/mol. The third kappa shape index (κ3) is 2.24. The van der Waals surface area contributed by atoms with Crippen molar-refractivity contribution in [3.63, 3.8) is 0 Å². The molecular weight excluding hydrogens is 286 g/mol. The van der Waals surface area contributed by atoms with E-state index in [9.17, 15) is 14.4 Å². The molecule has 0 aromatic heterocycles. The largest absolute Gasteiger partial charge is 0.467 e. The van der Waals surface area contributed by atoms with Gasteiger partial charge in [0.25, 0.3) is 0 Å². The molecule has 1 unspecified atom stereocenters. The van der Waals surface area contributed by atoms with Gasteiger partial charge in [-0.2, -0.15) is 0 Å². The molecule has 0 N–H and O–H groups in total. The average Bonchev–Trinajstić information content (AvgIpc) is 2.94. The summed E-state index contributed by atoms with van der Waals surface area (Å²) in [5, 5.41) is 0. The summed E-state index contributed by atoms with van der Waals surface area (Å²) in [5.74, 6) is -2.13. The molecular formula is C16H25NO5. The van der Waals surface area contributed by atoms with Crippen LogP contribution >= 0.6 is 0 Å². The number of amides is 1. The van der Waals surface area contributed by atoms with Crippen molar-refractivity contribution in [1.29, 1.82) is 0 Å². The van der Waals surface area contributed by atoms with Crippen molar-refractivity contribution in [3.8, 4) is 0 Å². The Balaban J connectivity index is 2.46. The van der Waals surface area contributed by atoms with Crippen LogP contribution in [0, 0.1) is 11.3 Å². The van der Waals surface area contributed by atoms with E-state index < -0.39 is 29.1 Å². The topological polar surface area (TPSA) is 72.9 Å². The molecule has 2 saturated heterocycles. The molecule has 6 nitrogen and oxygen atoms in total. The summed E-state index contributed by atoms with van der Waals surface area (Å²) in [4.78, 5) is 39.4. The maximum Gasteiger partial charge on any atom is 0.342 e. The Labute approximate surface area is 131 Å². The maximum atomic E-state index is 12.9. The van der Waals surface area contributed by atoms with Crippen LogP contribution in [0.25, 0.3) is 0 Å². The van der Waals surface area contributed by atoms with Crippen molar-refractivity contribution >= 4 is 17.7 Å². The Hall–Kier alpha value is -1.43. The van der Waals surface area contributed by atoms with E-state index in [2.05, 4.69) is 0 Å². The van der Waals surface area contributed by atoms with Gasteiger partial charge in [0.2, 0.25) is 11.4 Å². The second-order valence-corrected chi connectivity index (χ2v) is 7.15. The maximum absolute atomic E-state index is 12.9. The van der Waals surface area contributed by atoms with Gasteiger partial charge in [0, 0.05) is 5.41 Å². The number of Topliss-reactive ketones (excluding diaryl/α,β-unsaturated/α-hetero) is 1. The van der Waals surface area contributed by atoms with Gasteiger partial charge in [-0.1, -0.05) is 40.5 Å². The van der Waals surface area contributed by atoms with Gasteiger partial charge in [-0.15, -0.1) is 0 Å². The van der Waals surface area contributed by atoms with Crippen LogP contribution in [0.3, 0.4) is 0 Å². The fraction of sp³-hybridized carbons (Fsp3) is 0.812. The fourth-order valence-corrected chi connectivity index (χ4v) is 3.33. The molecule has 2 rings (SSSR count). The molecule has 2 heterocycles. The summed E-state index contributed by atoms with van der Waals surface area (Å²) in [6.45, 7) is 7.64. The molecule has 0 aliphatic carbocycles. The minimum absolute atomic E-state index is 0.116. The number of hydrogen-bond acceptors (Lipinski definition) is 5. The molecule has 124 valence electrons. The zero-order chi connectivity index (χ0) is 16.7. The van der Waals surface area contributed by atoms with Gasteiger partial charge in [0.15, 0.2) is 5.78 Å². The van der Waals surface area contributed by atoms with Gasteiger partial charge >= 0.3 is 5.97 Å². The molecule has 2 aliphatic rings. The number of methoxy groups -OCH3 is 1. The highest BCUT2D eigenvalue weighted by atomic mass is 16.6. The monoisotopic (exact) mass is 311 g/mol. The Kier molecular flexibility index (Phi) is 4.35.